The first-order valence-corrected chi connectivity index (χ1v) is 9.16. The highest BCUT2D eigenvalue weighted by molar-refractivity contribution is 7.99. The molecule has 136 valence electrons. The van der Waals surface area contributed by atoms with Crippen LogP contribution in [0.4, 0.5) is 4.79 Å². The molecular formula is C18H19N3O4S. The first-order valence-electron chi connectivity index (χ1n) is 8.32. The summed E-state index contributed by atoms with van der Waals surface area (Å²) in [6.45, 7) is 0. The summed E-state index contributed by atoms with van der Waals surface area (Å²) in [5.41, 5.74) is 2.55. The van der Waals surface area contributed by atoms with E-state index in [0.29, 0.717) is 11.3 Å². The maximum atomic E-state index is 12.7. The number of allylic oxidation sites excluding steroid dienone is 2. The van der Waals surface area contributed by atoms with Crippen LogP contribution in [0.15, 0.2) is 36.1 Å². The molecule has 3 amide bonds. The van der Waals surface area contributed by atoms with E-state index >= 15 is 0 Å². The number of nitrogens with zero attached hydrogens (tertiary/aromatic N) is 1. The second-order valence-electron chi connectivity index (χ2n) is 6.14. The Bertz CT molecular complexity index is 836. The second-order valence-corrected chi connectivity index (χ2v) is 7.18. The minimum atomic E-state index is -0.417. The van der Waals surface area contributed by atoms with Crippen LogP contribution >= 0.6 is 11.9 Å². The summed E-state index contributed by atoms with van der Waals surface area (Å²) >= 11 is 1.18. The molecule has 0 spiro atoms. The monoisotopic (exact) mass is 373 g/mol. The third-order valence-corrected chi connectivity index (χ3v) is 5.92. The van der Waals surface area contributed by atoms with Crippen LogP contribution in [-0.2, 0) is 11.2 Å². The number of fused-ring (bicyclic) bond motifs is 2. The fraction of sp³-hybridized carbons (Fsp3) is 0.333. The molecule has 1 aliphatic carbocycles. The Kier molecular flexibility index (Phi) is 4.28. The van der Waals surface area contributed by atoms with Crippen LogP contribution < -0.4 is 20.1 Å². The van der Waals surface area contributed by atoms with Gasteiger partial charge in [0, 0.05) is 11.1 Å². The summed E-state index contributed by atoms with van der Waals surface area (Å²) in [5, 5.41) is 5.83. The van der Waals surface area contributed by atoms with Crippen LogP contribution in [0.3, 0.4) is 0 Å². The van der Waals surface area contributed by atoms with Crippen molar-refractivity contribution in [2.24, 2.45) is 0 Å². The Morgan fingerprint density at radius 3 is 2.81 bits per heavy atom. The van der Waals surface area contributed by atoms with E-state index in [-0.39, 0.29) is 17.3 Å². The lowest BCUT2D eigenvalue weighted by molar-refractivity contribution is -0.120. The van der Waals surface area contributed by atoms with Crippen LogP contribution in [0.25, 0.3) is 0 Å². The van der Waals surface area contributed by atoms with Crippen LogP contribution in [0.1, 0.15) is 23.6 Å². The van der Waals surface area contributed by atoms with Crippen molar-refractivity contribution >= 4 is 23.9 Å². The van der Waals surface area contributed by atoms with Crippen molar-refractivity contribution in [2.75, 3.05) is 14.2 Å². The van der Waals surface area contributed by atoms with Gasteiger partial charge in [-0.2, -0.15) is 4.31 Å². The molecule has 7 nitrogen and oxygen atoms in total. The fourth-order valence-corrected chi connectivity index (χ4v) is 4.56. The first kappa shape index (κ1) is 16.8. The summed E-state index contributed by atoms with van der Waals surface area (Å²) in [4.78, 5) is 25.2. The summed E-state index contributed by atoms with van der Waals surface area (Å²) in [6, 6.07) is 3.07. The zero-order valence-electron chi connectivity index (χ0n) is 14.4. The summed E-state index contributed by atoms with van der Waals surface area (Å²) in [5.74, 6) is 1.21. The molecule has 2 unspecified atom stereocenters. The van der Waals surface area contributed by atoms with E-state index in [1.54, 1.807) is 32.6 Å². The quantitative estimate of drug-likeness (QED) is 0.791. The van der Waals surface area contributed by atoms with Gasteiger partial charge in [0.2, 0.25) is 0 Å². The Morgan fingerprint density at radius 2 is 2.08 bits per heavy atom. The number of dihydropyridines is 1. The van der Waals surface area contributed by atoms with Crippen molar-refractivity contribution in [3.63, 3.8) is 0 Å². The van der Waals surface area contributed by atoms with Gasteiger partial charge in [-0.15, -0.1) is 0 Å². The summed E-state index contributed by atoms with van der Waals surface area (Å²) in [6.07, 6.45) is 6.77. The van der Waals surface area contributed by atoms with Gasteiger partial charge in [0.05, 0.1) is 25.8 Å². The SMILES string of the molecule is COc1ccc(OC)c2c1CCC2NC(=O)N1SC2NC=CC=C2C1=O. The number of ether oxygens (including phenoxy) is 2. The smallest absolute Gasteiger partial charge is 0.335 e. The van der Waals surface area contributed by atoms with Gasteiger partial charge in [0.1, 0.15) is 16.9 Å². The molecule has 0 radical (unpaired) electrons. The zero-order valence-corrected chi connectivity index (χ0v) is 15.3. The summed E-state index contributed by atoms with van der Waals surface area (Å²) < 4.78 is 12.1. The van der Waals surface area contributed by atoms with Crippen molar-refractivity contribution in [1.82, 2.24) is 14.9 Å². The molecule has 8 heteroatoms. The number of carbonyl (C=O) groups is 2. The van der Waals surface area contributed by atoms with Crippen molar-refractivity contribution in [1.29, 1.82) is 0 Å². The van der Waals surface area contributed by atoms with E-state index in [9.17, 15) is 9.59 Å². The number of nitrogens with one attached hydrogen (secondary N) is 2. The van der Waals surface area contributed by atoms with Gasteiger partial charge in [0.25, 0.3) is 5.91 Å². The number of methoxy groups -OCH3 is 2. The average molecular weight is 373 g/mol. The highest BCUT2D eigenvalue weighted by Crippen LogP contribution is 2.43. The molecule has 1 aromatic carbocycles. The molecule has 1 fully saturated rings. The standard InChI is InChI=1S/C18H19N3O4S/c1-24-13-7-8-14(25-2)15-10(13)5-6-12(15)20-18(23)21-17(22)11-4-3-9-19-16(11)26-21/h3-4,7-9,12,16,19H,5-6H2,1-2H3,(H,20,23). The Morgan fingerprint density at radius 1 is 1.31 bits per heavy atom. The predicted octanol–water partition coefficient (Wildman–Crippen LogP) is 2.26. The summed E-state index contributed by atoms with van der Waals surface area (Å²) in [7, 11) is 3.24. The van der Waals surface area contributed by atoms with Crippen molar-refractivity contribution in [3.05, 3.63) is 47.2 Å². The third kappa shape index (κ3) is 2.61. The Labute approximate surface area is 155 Å². The highest BCUT2D eigenvalue weighted by Gasteiger charge is 2.41. The van der Waals surface area contributed by atoms with Gasteiger partial charge in [-0.1, -0.05) is 0 Å². The molecule has 0 bridgehead atoms. The maximum absolute atomic E-state index is 12.7. The molecule has 1 aromatic rings. The van der Waals surface area contributed by atoms with Gasteiger partial charge in [-0.3, -0.25) is 4.79 Å². The second kappa shape index (κ2) is 6.60. The maximum Gasteiger partial charge on any atom is 0.335 e. The topological polar surface area (TPSA) is 79.9 Å². The van der Waals surface area contributed by atoms with Crippen molar-refractivity contribution in [3.8, 4) is 11.5 Å². The van der Waals surface area contributed by atoms with Crippen LogP contribution in [0.5, 0.6) is 11.5 Å². The van der Waals surface area contributed by atoms with Gasteiger partial charge >= 0.3 is 6.03 Å². The molecule has 26 heavy (non-hydrogen) atoms. The number of hydrogen-bond donors (Lipinski definition) is 2. The highest BCUT2D eigenvalue weighted by atomic mass is 32.2. The number of carbonyl (C=O) groups excluding carboxylic acids is 2. The number of urea groups is 1. The molecular weight excluding hydrogens is 354 g/mol. The Hall–Kier alpha value is -2.61. The minimum Gasteiger partial charge on any atom is -0.496 e. The van der Waals surface area contributed by atoms with E-state index in [4.69, 9.17) is 9.47 Å². The predicted molar refractivity (Wildman–Crippen MR) is 97.7 cm³/mol. The zero-order chi connectivity index (χ0) is 18.3. The molecule has 1 saturated heterocycles. The lowest BCUT2D eigenvalue weighted by Gasteiger charge is -2.20. The lowest BCUT2D eigenvalue weighted by atomic mass is 10.1. The number of rotatable bonds is 3. The Balaban J connectivity index is 1.55. The molecule has 3 aliphatic rings. The van der Waals surface area contributed by atoms with Crippen LogP contribution in [0.2, 0.25) is 0 Å². The van der Waals surface area contributed by atoms with E-state index in [1.807, 2.05) is 12.1 Å². The van der Waals surface area contributed by atoms with E-state index in [1.165, 1.54) is 16.3 Å². The number of imide groups is 1. The van der Waals surface area contributed by atoms with Gasteiger partial charge in [0.15, 0.2) is 0 Å². The van der Waals surface area contributed by atoms with Gasteiger partial charge in [-0.05, 0) is 55.3 Å². The molecule has 2 heterocycles. The number of amides is 3. The average Bonchev–Trinajstić information content (AvgIpc) is 3.23. The van der Waals surface area contributed by atoms with E-state index in [0.717, 1.165) is 29.7 Å². The van der Waals surface area contributed by atoms with E-state index in [2.05, 4.69) is 10.6 Å². The fourth-order valence-electron chi connectivity index (χ4n) is 3.57. The van der Waals surface area contributed by atoms with Gasteiger partial charge < -0.3 is 20.1 Å². The molecule has 4 rings (SSSR count). The van der Waals surface area contributed by atoms with Gasteiger partial charge in [-0.25, -0.2) is 4.79 Å². The molecule has 0 saturated carbocycles. The number of hydrogen-bond acceptors (Lipinski definition) is 6. The molecule has 2 N–H and O–H groups in total. The number of benzene rings is 1. The van der Waals surface area contributed by atoms with Crippen molar-refractivity contribution in [2.45, 2.75) is 24.3 Å². The van der Waals surface area contributed by atoms with Crippen LogP contribution in [-0.4, -0.2) is 35.8 Å². The molecule has 2 atom stereocenters. The molecule has 2 aliphatic heterocycles. The molecule has 0 aromatic heterocycles. The van der Waals surface area contributed by atoms with Crippen molar-refractivity contribution < 1.29 is 19.1 Å². The third-order valence-electron chi connectivity index (χ3n) is 4.77. The van der Waals surface area contributed by atoms with E-state index < -0.39 is 6.03 Å². The minimum absolute atomic E-state index is 0.219. The first-order chi connectivity index (χ1) is 12.6. The lowest BCUT2D eigenvalue weighted by Crippen LogP contribution is -2.38. The normalized spacial score (nSPS) is 23.1. The largest absolute Gasteiger partial charge is 0.496 e. The van der Waals surface area contributed by atoms with Crippen LogP contribution in [0, 0.1) is 0 Å².